The zero-order valence-corrected chi connectivity index (χ0v) is 9.87. The summed E-state index contributed by atoms with van der Waals surface area (Å²) in [4.78, 5) is 11.2. The molecule has 0 radical (unpaired) electrons. The standard InChI is InChI=1S/C10H12F3N5O/c11-10(12,13)5-1-2-6-14-7-3-4-8-15-16-9(19)18(8)17-7/h3-4H,1-2,5-6H2,(H,14,17)(H,16,19). The fourth-order valence-electron chi connectivity index (χ4n) is 1.56. The van der Waals surface area contributed by atoms with E-state index in [4.69, 9.17) is 0 Å². The van der Waals surface area contributed by atoms with Gasteiger partial charge in [0.2, 0.25) is 0 Å². The molecule has 2 rings (SSSR count). The Hall–Kier alpha value is -2.06. The number of nitrogens with zero attached hydrogens (tertiary/aromatic N) is 3. The molecular weight excluding hydrogens is 263 g/mol. The van der Waals surface area contributed by atoms with E-state index in [1.807, 2.05) is 0 Å². The van der Waals surface area contributed by atoms with Gasteiger partial charge in [-0.3, -0.25) is 0 Å². The van der Waals surface area contributed by atoms with E-state index in [2.05, 4.69) is 20.6 Å². The van der Waals surface area contributed by atoms with Crippen molar-refractivity contribution in [2.24, 2.45) is 0 Å². The van der Waals surface area contributed by atoms with Gasteiger partial charge in [-0.25, -0.2) is 9.89 Å². The number of nitrogens with one attached hydrogen (secondary N) is 2. The van der Waals surface area contributed by atoms with Crippen LogP contribution in [-0.4, -0.2) is 32.5 Å². The van der Waals surface area contributed by atoms with Crippen molar-refractivity contribution in [1.82, 2.24) is 19.8 Å². The lowest BCUT2D eigenvalue weighted by atomic mass is 10.2. The summed E-state index contributed by atoms with van der Waals surface area (Å²) in [5.74, 6) is 0.419. The molecule has 2 heterocycles. The van der Waals surface area contributed by atoms with Gasteiger partial charge in [-0.05, 0) is 25.0 Å². The van der Waals surface area contributed by atoms with Crippen LogP contribution in [-0.2, 0) is 0 Å². The summed E-state index contributed by atoms with van der Waals surface area (Å²) in [5.41, 5.74) is -0.0802. The predicted octanol–water partition coefficient (Wildman–Crippen LogP) is 1.56. The van der Waals surface area contributed by atoms with E-state index < -0.39 is 18.3 Å². The van der Waals surface area contributed by atoms with Crippen molar-refractivity contribution in [1.29, 1.82) is 0 Å². The molecule has 2 N–H and O–H groups in total. The molecule has 2 aromatic heterocycles. The molecule has 0 bridgehead atoms. The average molecular weight is 275 g/mol. The topological polar surface area (TPSA) is 75.1 Å². The minimum Gasteiger partial charge on any atom is -0.369 e. The molecule has 0 aliphatic carbocycles. The third kappa shape index (κ3) is 3.70. The van der Waals surface area contributed by atoms with Crippen molar-refractivity contribution in [2.45, 2.75) is 25.4 Å². The highest BCUT2D eigenvalue weighted by molar-refractivity contribution is 5.42. The molecule has 0 saturated carbocycles. The Kier molecular flexibility index (Phi) is 3.72. The molecular formula is C10H12F3N5O. The molecule has 0 aliphatic rings. The lowest BCUT2D eigenvalue weighted by molar-refractivity contribution is -0.135. The molecule has 2 aromatic rings. The van der Waals surface area contributed by atoms with E-state index in [9.17, 15) is 18.0 Å². The molecule has 6 nitrogen and oxygen atoms in total. The van der Waals surface area contributed by atoms with Crippen molar-refractivity contribution < 1.29 is 13.2 Å². The van der Waals surface area contributed by atoms with Gasteiger partial charge in [-0.2, -0.15) is 22.8 Å². The number of unbranched alkanes of at least 4 members (excludes halogenated alkanes) is 1. The number of rotatable bonds is 5. The van der Waals surface area contributed by atoms with E-state index in [-0.39, 0.29) is 6.42 Å². The average Bonchev–Trinajstić information content (AvgIpc) is 2.69. The molecule has 0 spiro atoms. The Morgan fingerprint density at radius 1 is 1.32 bits per heavy atom. The first kappa shape index (κ1) is 13.4. The summed E-state index contributed by atoms with van der Waals surface area (Å²) in [6, 6.07) is 3.20. The minimum atomic E-state index is -4.11. The summed E-state index contributed by atoms with van der Waals surface area (Å²) in [7, 11) is 0. The Morgan fingerprint density at radius 2 is 2.11 bits per heavy atom. The highest BCUT2D eigenvalue weighted by Gasteiger charge is 2.25. The summed E-state index contributed by atoms with van der Waals surface area (Å²) in [5, 5.41) is 12.8. The van der Waals surface area contributed by atoms with E-state index in [0.717, 1.165) is 4.52 Å². The third-order valence-electron chi connectivity index (χ3n) is 2.47. The van der Waals surface area contributed by atoms with Gasteiger partial charge in [0.15, 0.2) is 5.65 Å². The van der Waals surface area contributed by atoms with Crippen LogP contribution in [0.4, 0.5) is 19.0 Å². The Bertz CT molecular complexity index is 603. The molecule has 0 fully saturated rings. The van der Waals surface area contributed by atoms with Crippen molar-refractivity contribution >= 4 is 11.5 Å². The lowest BCUT2D eigenvalue weighted by Gasteiger charge is -2.07. The number of alkyl halides is 3. The molecule has 0 unspecified atom stereocenters. The number of anilines is 1. The van der Waals surface area contributed by atoms with Gasteiger partial charge in [0.25, 0.3) is 0 Å². The van der Waals surface area contributed by atoms with Crippen molar-refractivity contribution in [3.8, 4) is 0 Å². The smallest absolute Gasteiger partial charge is 0.369 e. The molecule has 0 aromatic carbocycles. The van der Waals surface area contributed by atoms with Crippen LogP contribution in [0.15, 0.2) is 16.9 Å². The number of H-pyrrole nitrogens is 1. The Balaban J connectivity index is 1.85. The molecule has 0 saturated heterocycles. The molecule has 19 heavy (non-hydrogen) atoms. The number of hydrogen-bond donors (Lipinski definition) is 2. The van der Waals surface area contributed by atoms with E-state index in [0.29, 0.717) is 24.4 Å². The van der Waals surface area contributed by atoms with Crippen LogP contribution >= 0.6 is 0 Å². The predicted molar refractivity (Wildman–Crippen MR) is 62.0 cm³/mol. The second-order valence-corrected chi connectivity index (χ2v) is 4.02. The summed E-state index contributed by atoms with van der Waals surface area (Å²) < 4.78 is 36.8. The van der Waals surface area contributed by atoms with Crippen molar-refractivity contribution in [3.63, 3.8) is 0 Å². The van der Waals surface area contributed by atoms with Crippen LogP contribution in [0.2, 0.25) is 0 Å². The summed E-state index contributed by atoms with van der Waals surface area (Å²) in [6.45, 7) is 0.362. The van der Waals surface area contributed by atoms with Crippen LogP contribution in [0.3, 0.4) is 0 Å². The SMILES string of the molecule is O=c1[nH]nc2ccc(NCCCCC(F)(F)F)nn12. The van der Waals surface area contributed by atoms with E-state index >= 15 is 0 Å². The van der Waals surface area contributed by atoms with Gasteiger partial charge in [0.05, 0.1) is 0 Å². The van der Waals surface area contributed by atoms with E-state index in [1.165, 1.54) is 0 Å². The fraction of sp³-hybridized carbons (Fsp3) is 0.500. The summed E-state index contributed by atoms with van der Waals surface area (Å²) in [6.07, 6.45) is -4.46. The first-order valence-electron chi connectivity index (χ1n) is 5.71. The monoisotopic (exact) mass is 275 g/mol. The third-order valence-corrected chi connectivity index (χ3v) is 2.47. The summed E-state index contributed by atoms with van der Waals surface area (Å²) >= 11 is 0. The van der Waals surface area contributed by atoms with Gasteiger partial charge in [0, 0.05) is 13.0 Å². The number of hydrogen-bond acceptors (Lipinski definition) is 4. The zero-order valence-electron chi connectivity index (χ0n) is 9.87. The van der Waals surface area contributed by atoms with Gasteiger partial charge in [0.1, 0.15) is 5.82 Å². The Labute approximate surface area is 105 Å². The second kappa shape index (κ2) is 5.29. The zero-order chi connectivity index (χ0) is 13.9. The molecule has 104 valence electrons. The highest BCUT2D eigenvalue weighted by Crippen LogP contribution is 2.22. The molecule has 0 aliphatic heterocycles. The van der Waals surface area contributed by atoms with Crippen molar-refractivity contribution in [3.05, 3.63) is 22.6 Å². The van der Waals surface area contributed by atoms with Crippen molar-refractivity contribution in [2.75, 3.05) is 11.9 Å². The maximum atomic E-state index is 11.9. The maximum Gasteiger partial charge on any atom is 0.389 e. The number of fused-ring (bicyclic) bond motifs is 1. The first-order chi connectivity index (χ1) is 8.96. The normalized spacial score (nSPS) is 11.9. The largest absolute Gasteiger partial charge is 0.389 e. The number of aromatic nitrogens is 4. The molecule has 0 amide bonds. The van der Waals surface area contributed by atoms with Crippen LogP contribution in [0.25, 0.3) is 5.65 Å². The first-order valence-corrected chi connectivity index (χ1v) is 5.71. The molecule has 0 atom stereocenters. The van der Waals surface area contributed by atoms with Gasteiger partial charge >= 0.3 is 11.9 Å². The molecule has 9 heteroatoms. The van der Waals surface area contributed by atoms with Crippen LogP contribution in [0.5, 0.6) is 0 Å². The van der Waals surface area contributed by atoms with Gasteiger partial charge in [-0.15, -0.1) is 5.10 Å². The lowest BCUT2D eigenvalue weighted by Crippen LogP contribution is -2.14. The van der Waals surface area contributed by atoms with Gasteiger partial charge in [-0.1, -0.05) is 0 Å². The maximum absolute atomic E-state index is 11.9. The number of aromatic amines is 1. The minimum absolute atomic E-state index is 0.0599. The van der Waals surface area contributed by atoms with Crippen LogP contribution < -0.4 is 11.0 Å². The van der Waals surface area contributed by atoms with Crippen LogP contribution in [0.1, 0.15) is 19.3 Å². The number of halogens is 3. The Morgan fingerprint density at radius 3 is 2.84 bits per heavy atom. The highest BCUT2D eigenvalue weighted by atomic mass is 19.4. The van der Waals surface area contributed by atoms with E-state index in [1.54, 1.807) is 12.1 Å². The van der Waals surface area contributed by atoms with Crippen LogP contribution in [0, 0.1) is 0 Å². The fourth-order valence-corrected chi connectivity index (χ4v) is 1.56. The second-order valence-electron chi connectivity index (χ2n) is 4.02. The quantitative estimate of drug-likeness (QED) is 0.812. The van der Waals surface area contributed by atoms with Gasteiger partial charge < -0.3 is 5.32 Å².